The van der Waals surface area contributed by atoms with Crippen molar-refractivity contribution in [1.82, 2.24) is 4.90 Å². The molecule has 0 unspecified atom stereocenters. The van der Waals surface area contributed by atoms with Gasteiger partial charge in [0.1, 0.15) is 4.32 Å². The Morgan fingerprint density at radius 1 is 1.47 bits per heavy atom. The van der Waals surface area contributed by atoms with Gasteiger partial charge in [0, 0.05) is 5.69 Å². The summed E-state index contributed by atoms with van der Waals surface area (Å²) in [6.07, 6.45) is 0. The Bertz CT molecular complexity index is 476. The molecule has 4 nitrogen and oxygen atoms in total. The third-order valence-corrected chi connectivity index (χ3v) is 3.73. The number of hydrogen-bond acceptors (Lipinski definition) is 5. The van der Waals surface area contributed by atoms with Gasteiger partial charge in [-0.05, 0) is 24.3 Å². The number of amides is 1. The van der Waals surface area contributed by atoms with E-state index in [0.717, 1.165) is 5.69 Å². The predicted octanol–water partition coefficient (Wildman–Crippen LogP) is 1.79. The number of nitrogens with zero attached hydrogens (tertiary/aromatic N) is 2. The summed E-state index contributed by atoms with van der Waals surface area (Å²) in [4.78, 5) is 13.0. The van der Waals surface area contributed by atoms with Crippen LogP contribution in [0.25, 0.3) is 0 Å². The monoisotopic (exact) mass is 263 g/mol. The number of hydrogen-bond donors (Lipinski definition) is 1. The third kappa shape index (κ3) is 2.75. The first-order valence-corrected chi connectivity index (χ1v) is 6.31. The molecule has 1 saturated heterocycles. The Labute approximate surface area is 109 Å². The Hall–Kier alpha value is -1.58. The molecule has 0 atom stereocenters. The second-order valence-electron chi connectivity index (χ2n) is 3.40. The lowest BCUT2D eigenvalue weighted by Crippen LogP contribution is -2.33. The van der Waals surface area contributed by atoms with Crippen LogP contribution in [0.5, 0.6) is 0 Å². The van der Waals surface area contributed by atoms with Crippen LogP contribution in [-0.4, -0.2) is 27.5 Å². The van der Waals surface area contributed by atoms with Crippen LogP contribution < -0.4 is 5.32 Å². The number of carbonyl (C=O) groups is 1. The molecular formula is C11H9N3OS2. The first kappa shape index (κ1) is 11.9. The van der Waals surface area contributed by atoms with Crippen LogP contribution in [0.4, 0.5) is 5.69 Å². The van der Waals surface area contributed by atoms with Crippen LogP contribution in [0.2, 0.25) is 0 Å². The molecule has 6 heteroatoms. The summed E-state index contributed by atoms with van der Waals surface area (Å²) in [7, 11) is 0. The number of rotatable bonds is 3. The summed E-state index contributed by atoms with van der Waals surface area (Å²) in [5, 5.41) is 11.8. The largest absolute Gasteiger partial charge is 0.367 e. The van der Waals surface area contributed by atoms with Gasteiger partial charge in [-0.3, -0.25) is 9.69 Å². The fraction of sp³-hybridized carbons (Fsp3) is 0.182. The lowest BCUT2D eigenvalue weighted by Gasteiger charge is -2.16. The van der Waals surface area contributed by atoms with Crippen LogP contribution in [-0.2, 0) is 4.79 Å². The van der Waals surface area contributed by atoms with Gasteiger partial charge < -0.3 is 5.32 Å². The molecule has 0 spiro atoms. The van der Waals surface area contributed by atoms with Crippen molar-refractivity contribution in [2.75, 3.05) is 17.7 Å². The van der Waals surface area contributed by atoms with E-state index in [0.29, 0.717) is 22.3 Å². The van der Waals surface area contributed by atoms with Gasteiger partial charge in [-0.1, -0.05) is 24.0 Å². The lowest BCUT2D eigenvalue weighted by atomic mass is 10.2. The van der Waals surface area contributed by atoms with Crippen LogP contribution >= 0.6 is 24.0 Å². The number of thiocarbonyl (C=S) groups is 1. The van der Waals surface area contributed by atoms with Crippen molar-refractivity contribution < 1.29 is 4.79 Å². The average molecular weight is 263 g/mol. The van der Waals surface area contributed by atoms with Gasteiger partial charge in [0.2, 0.25) is 5.91 Å². The molecule has 1 aromatic rings. The van der Waals surface area contributed by atoms with E-state index in [1.165, 1.54) is 16.7 Å². The number of carbonyl (C=O) groups excluding carboxylic acids is 1. The molecule has 1 aliphatic rings. The highest BCUT2D eigenvalue weighted by molar-refractivity contribution is 8.23. The van der Waals surface area contributed by atoms with Crippen molar-refractivity contribution in [3.63, 3.8) is 0 Å². The maximum absolute atomic E-state index is 11.4. The standard InChI is InChI=1S/C11H9N3OS2/c12-5-8-1-3-9(4-2-8)13-7-14-10(15)6-17-11(14)16/h1-4,13H,6-7H2. The normalized spacial score (nSPS) is 14.9. The molecular weight excluding hydrogens is 254 g/mol. The summed E-state index contributed by atoms with van der Waals surface area (Å²) in [5.41, 5.74) is 1.47. The molecule has 1 aromatic carbocycles. The molecule has 0 bridgehead atoms. The van der Waals surface area contributed by atoms with Gasteiger partial charge >= 0.3 is 0 Å². The second-order valence-corrected chi connectivity index (χ2v) is 5.01. The summed E-state index contributed by atoms with van der Waals surface area (Å²) < 4.78 is 0.608. The van der Waals surface area contributed by atoms with Crippen LogP contribution in [0.1, 0.15) is 5.56 Å². The zero-order chi connectivity index (χ0) is 12.3. The number of nitrogens with one attached hydrogen (secondary N) is 1. The quantitative estimate of drug-likeness (QED) is 0.843. The zero-order valence-corrected chi connectivity index (χ0v) is 10.5. The van der Waals surface area contributed by atoms with Crippen molar-refractivity contribution in [3.8, 4) is 6.07 Å². The molecule has 0 saturated carbocycles. The fourth-order valence-corrected chi connectivity index (χ4v) is 2.43. The first-order valence-electron chi connectivity index (χ1n) is 4.92. The van der Waals surface area contributed by atoms with Crippen LogP contribution in [0, 0.1) is 11.3 Å². The van der Waals surface area contributed by atoms with E-state index in [-0.39, 0.29) is 5.91 Å². The van der Waals surface area contributed by atoms with Gasteiger partial charge in [0.25, 0.3) is 0 Å². The minimum absolute atomic E-state index is 0.0288. The molecule has 0 aliphatic carbocycles. The summed E-state index contributed by atoms with van der Waals surface area (Å²) in [6, 6.07) is 9.10. The molecule has 1 fully saturated rings. The summed E-state index contributed by atoms with van der Waals surface area (Å²) >= 11 is 6.44. The van der Waals surface area contributed by atoms with Crippen molar-refractivity contribution >= 4 is 39.9 Å². The highest BCUT2D eigenvalue weighted by Crippen LogP contribution is 2.19. The van der Waals surface area contributed by atoms with E-state index < -0.39 is 0 Å². The molecule has 2 rings (SSSR count). The molecule has 0 radical (unpaired) electrons. The van der Waals surface area contributed by atoms with E-state index >= 15 is 0 Å². The van der Waals surface area contributed by atoms with E-state index in [9.17, 15) is 4.79 Å². The van der Waals surface area contributed by atoms with Crippen molar-refractivity contribution in [2.24, 2.45) is 0 Å². The average Bonchev–Trinajstić information content (AvgIpc) is 2.67. The van der Waals surface area contributed by atoms with Gasteiger partial charge in [-0.15, -0.1) is 0 Å². The number of benzene rings is 1. The maximum atomic E-state index is 11.4. The second kappa shape index (κ2) is 5.17. The Morgan fingerprint density at radius 2 is 2.18 bits per heavy atom. The smallest absolute Gasteiger partial charge is 0.239 e. The Balaban J connectivity index is 1.95. The number of thioether (sulfide) groups is 1. The van der Waals surface area contributed by atoms with Gasteiger partial charge in [0.15, 0.2) is 0 Å². The molecule has 1 heterocycles. The minimum Gasteiger partial charge on any atom is -0.367 e. The van der Waals surface area contributed by atoms with Crippen molar-refractivity contribution in [3.05, 3.63) is 29.8 Å². The number of nitriles is 1. The topological polar surface area (TPSA) is 56.1 Å². The fourth-order valence-electron chi connectivity index (χ4n) is 1.37. The zero-order valence-electron chi connectivity index (χ0n) is 8.84. The van der Waals surface area contributed by atoms with Gasteiger partial charge in [-0.2, -0.15) is 5.26 Å². The summed E-state index contributed by atoms with van der Waals surface area (Å²) in [5.74, 6) is 0.453. The van der Waals surface area contributed by atoms with Crippen molar-refractivity contribution in [2.45, 2.75) is 0 Å². The molecule has 1 amide bonds. The summed E-state index contributed by atoms with van der Waals surface area (Å²) in [6.45, 7) is 0.372. The molecule has 0 aromatic heterocycles. The highest BCUT2D eigenvalue weighted by atomic mass is 32.2. The molecule has 86 valence electrons. The first-order chi connectivity index (χ1) is 8.20. The maximum Gasteiger partial charge on any atom is 0.239 e. The third-order valence-electron chi connectivity index (χ3n) is 2.30. The number of anilines is 1. The van der Waals surface area contributed by atoms with Crippen LogP contribution in [0.15, 0.2) is 24.3 Å². The van der Waals surface area contributed by atoms with E-state index in [1.54, 1.807) is 24.3 Å². The minimum atomic E-state index is 0.0288. The Morgan fingerprint density at radius 3 is 2.71 bits per heavy atom. The Kier molecular flexibility index (Phi) is 3.61. The van der Waals surface area contributed by atoms with Crippen LogP contribution in [0.3, 0.4) is 0 Å². The van der Waals surface area contributed by atoms with Crippen molar-refractivity contribution in [1.29, 1.82) is 5.26 Å². The molecule has 1 aliphatic heterocycles. The molecule has 17 heavy (non-hydrogen) atoms. The molecule has 1 N–H and O–H groups in total. The van der Waals surface area contributed by atoms with E-state index in [2.05, 4.69) is 5.32 Å². The van der Waals surface area contributed by atoms with Gasteiger partial charge in [-0.25, -0.2) is 0 Å². The van der Waals surface area contributed by atoms with E-state index in [1.807, 2.05) is 6.07 Å². The SMILES string of the molecule is N#Cc1ccc(NCN2C(=O)CSC2=S)cc1. The lowest BCUT2D eigenvalue weighted by molar-refractivity contribution is -0.123. The predicted molar refractivity (Wildman–Crippen MR) is 71.5 cm³/mol. The van der Waals surface area contributed by atoms with E-state index in [4.69, 9.17) is 17.5 Å². The van der Waals surface area contributed by atoms with Gasteiger partial charge in [0.05, 0.1) is 24.1 Å². The highest BCUT2D eigenvalue weighted by Gasteiger charge is 2.25.